The first-order valence-corrected chi connectivity index (χ1v) is 10.7. The van der Waals surface area contributed by atoms with E-state index in [9.17, 15) is 0 Å². The van der Waals surface area contributed by atoms with Crippen molar-refractivity contribution in [3.63, 3.8) is 0 Å². The molecule has 0 heterocycles. The Balaban J connectivity index is 1.83. The molecule has 1 aliphatic rings. The Morgan fingerprint density at radius 3 is 2.00 bits per heavy atom. The maximum absolute atomic E-state index is 2.47. The fourth-order valence-corrected chi connectivity index (χ4v) is 5.50. The molecular formula is C30H24. The van der Waals surface area contributed by atoms with Crippen LogP contribution in [0.2, 0.25) is 0 Å². The number of aryl methyl sites for hydroxylation is 1. The van der Waals surface area contributed by atoms with Crippen LogP contribution in [0.15, 0.2) is 91.0 Å². The van der Waals surface area contributed by atoms with Crippen LogP contribution in [-0.4, -0.2) is 0 Å². The molecule has 0 unspecified atom stereocenters. The summed E-state index contributed by atoms with van der Waals surface area (Å²) in [6, 6.07) is 33.5. The molecule has 0 atom stereocenters. The Morgan fingerprint density at radius 1 is 0.533 bits per heavy atom. The highest BCUT2D eigenvalue weighted by Gasteiger charge is 2.35. The largest absolute Gasteiger partial charge is 0.0622 e. The summed E-state index contributed by atoms with van der Waals surface area (Å²) in [6.45, 7) is 7.00. The lowest BCUT2D eigenvalue weighted by Gasteiger charge is -2.23. The van der Waals surface area contributed by atoms with Gasteiger partial charge in [0.15, 0.2) is 0 Å². The van der Waals surface area contributed by atoms with Crippen LogP contribution >= 0.6 is 0 Å². The van der Waals surface area contributed by atoms with Gasteiger partial charge >= 0.3 is 0 Å². The zero-order chi connectivity index (χ0) is 20.5. The predicted molar refractivity (Wildman–Crippen MR) is 129 cm³/mol. The molecule has 0 amide bonds. The lowest BCUT2D eigenvalue weighted by Crippen LogP contribution is -2.14. The summed E-state index contributed by atoms with van der Waals surface area (Å²) in [5.41, 5.74) is 9.65. The van der Waals surface area contributed by atoms with E-state index in [0.717, 1.165) is 0 Å². The van der Waals surface area contributed by atoms with Crippen LogP contribution in [0.1, 0.15) is 30.5 Å². The van der Waals surface area contributed by atoms with E-state index in [1.807, 2.05) is 0 Å². The van der Waals surface area contributed by atoms with Gasteiger partial charge in [-0.15, -0.1) is 0 Å². The second-order valence-electron chi connectivity index (χ2n) is 9.03. The van der Waals surface area contributed by atoms with E-state index in [-0.39, 0.29) is 5.41 Å². The summed E-state index contributed by atoms with van der Waals surface area (Å²) in [5, 5.41) is 5.40. The third-order valence-corrected chi connectivity index (χ3v) is 7.06. The van der Waals surface area contributed by atoms with Crippen molar-refractivity contribution in [3.8, 4) is 22.3 Å². The topological polar surface area (TPSA) is 0 Å². The molecule has 30 heavy (non-hydrogen) atoms. The molecule has 0 saturated heterocycles. The van der Waals surface area contributed by atoms with Gasteiger partial charge in [-0.2, -0.15) is 0 Å². The molecule has 0 nitrogen and oxygen atoms in total. The maximum atomic E-state index is 2.47. The average Bonchev–Trinajstić information content (AvgIpc) is 3.01. The van der Waals surface area contributed by atoms with Crippen LogP contribution in [0, 0.1) is 6.92 Å². The summed E-state index contributed by atoms with van der Waals surface area (Å²) < 4.78 is 0. The van der Waals surface area contributed by atoms with Crippen LogP contribution in [0.3, 0.4) is 0 Å². The van der Waals surface area contributed by atoms with Crippen molar-refractivity contribution in [2.45, 2.75) is 26.2 Å². The quantitative estimate of drug-likeness (QED) is 0.255. The van der Waals surface area contributed by atoms with Crippen molar-refractivity contribution in [1.82, 2.24) is 0 Å². The average molecular weight is 385 g/mol. The van der Waals surface area contributed by atoms with E-state index >= 15 is 0 Å². The van der Waals surface area contributed by atoms with Gasteiger partial charge in [-0.3, -0.25) is 0 Å². The minimum atomic E-state index is 0.0190. The Labute approximate surface area is 177 Å². The molecule has 0 spiro atoms. The highest BCUT2D eigenvalue weighted by Crippen LogP contribution is 2.51. The van der Waals surface area contributed by atoms with E-state index in [0.29, 0.717) is 0 Å². The van der Waals surface area contributed by atoms with Crippen molar-refractivity contribution in [1.29, 1.82) is 0 Å². The number of benzene rings is 5. The Morgan fingerprint density at radius 2 is 1.20 bits per heavy atom. The fourth-order valence-electron chi connectivity index (χ4n) is 5.50. The van der Waals surface area contributed by atoms with Crippen LogP contribution in [0.4, 0.5) is 0 Å². The summed E-state index contributed by atoms with van der Waals surface area (Å²) in [4.78, 5) is 0. The van der Waals surface area contributed by atoms with E-state index in [2.05, 4.69) is 112 Å². The monoisotopic (exact) mass is 384 g/mol. The van der Waals surface area contributed by atoms with Crippen LogP contribution in [0.25, 0.3) is 43.8 Å². The number of hydrogen-bond donors (Lipinski definition) is 0. The Bertz CT molecular complexity index is 1450. The van der Waals surface area contributed by atoms with E-state index in [1.165, 1.54) is 60.5 Å². The SMILES string of the molecule is Cc1c2ccccc2c(-c2ccccc2)c2cc3c(cc12)C(C)(C)c1ccccc1-3. The smallest absolute Gasteiger partial charge is 0.0159 e. The van der Waals surface area contributed by atoms with Gasteiger partial charge in [0.1, 0.15) is 0 Å². The second kappa shape index (κ2) is 6.06. The van der Waals surface area contributed by atoms with Crippen molar-refractivity contribution >= 4 is 21.5 Å². The van der Waals surface area contributed by atoms with Crippen LogP contribution in [-0.2, 0) is 5.41 Å². The van der Waals surface area contributed by atoms with E-state index in [4.69, 9.17) is 0 Å². The Kier molecular flexibility index (Phi) is 3.53. The second-order valence-corrected chi connectivity index (χ2v) is 9.03. The van der Waals surface area contributed by atoms with E-state index in [1.54, 1.807) is 0 Å². The molecule has 1 aliphatic carbocycles. The molecule has 0 aromatic heterocycles. The third-order valence-electron chi connectivity index (χ3n) is 7.06. The summed E-state index contributed by atoms with van der Waals surface area (Å²) in [6.07, 6.45) is 0. The molecule has 0 bridgehead atoms. The number of rotatable bonds is 1. The molecule has 0 radical (unpaired) electrons. The van der Waals surface area contributed by atoms with Gasteiger partial charge < -0.3 is 0 Å². The zero-order valence-electron chi connectivity index (χ0n) is 17.7. The lowest BCUT2D eigenvalue weighted by molar-refractivity contribution is 0.661. The third kappa shape index (κ3) is 2.22. The van der Waals surface area contributed by atoms with Gasteiger partial charge in [0.05, 0.1) is 0 Å². The lowest BCUT2D eigenvalue weighted by atomic mass is 9.80. The fraction of sp³-hybridized carbons (Fsp3) is 0.133. The van der Waals surface area contributed by atoms with Gasteiger partial charge in [0.25, 0.3) is 0 Å². The van der Waals surface area contributed by atoms with Gasteiger partial charge in [0.2, 0.25) is 0 Å². The zero-order valence-corrected chi connectivity index (χ0v) is 17.7. The highest BCUT2D eigenvalue weighted by molar-refractivity contribution is 6.16. The molecule has 0 fully saturated rings. The standard InChI is InChI=1S/C30H24/c1-19-21-13-7-8-15-23(21)29(20-11-5-4-6-12-20)26-17-25-22-14-9-10-16-27(22)30(2,3)28(25)18-24(19)26/h4-18H,1-3H3. The molecule has 0 N–H and O–H groups in total. The van der Waals surface area contributed by atoms with Crippen molar-refractivity contribution in [3.05, 3.63) is 108 Å². The highest BCUT2D eigenvalue weighted by atomic mass is 14.4. The van der Waals surface area contributed by atoms with Crippen LogP contribution < -0.4 is 0 Å². The molecule has 5 aromatic rings. The summed E-state index contributed by atoms with van der Waals surface area (Å²) in [7, 11) is 0. The minimum absolute atomic E-state index is 0.0190. The van der Waals surface area contributed by atoms with Crippen LogP contribution in [0.5, 0.6) is 0 Å². The molecular weight excluding hydrogens is 360 g/mol. The molecule has 6 rings (SSSR count). The summed E-state index contributed by atoms with van der Waals surface area (Å²) in [5.74, 6) is 0. The first kappa shape index (κ1) is 17.5. The Hall–Kier alpha value is -3.38. The van der Waals surface area contributed by atoms with E-state index < -0.39 is 0 Å². The molecule has 5 aromatic carbocycles. The van der Waals surface area contributed by atoms with Gasteiger partial charge in [-0.05, 0) is 79.5 Å². The maximum Gasteiger partial charge on any atom is 0.0159 e. The predicted octanol–water partition coefficient (Wildman–Crippen LogP) is 8.27. The number of hydrogen-bond acceptors (Lipinski definition) is 0. The van der Waals surface area contributed by atoms with Crippen molar-refractivity contribution in [2.24, 2.45) is 0 Å². The van der Waals surface area contributed by atoms with Crippen molar-refractivity contribution < 1.29 is 0 Å². The molecule has 144 valence electrons. The van der Waals surface area contributed by atoms with Crippen molar-refractivity contribution in [2.75, 3.05) is 0 Å². The normalized spacial score (nSPS) is 14.1. The van der Waals surface area contributed by atoms with Gasteiger partial charge in [-0.1, -0.05) is 92.7 Å². The summed E-state index contributed by atoms with van der Waals surface area (Å²) >= 11 is 0. The minimum Gasteiger partial charge on any atom is -0.0622 e. The molecule has 0 heteroatoms. The van der Waals surface area contributed by atoms with Gasteiger partial charge in [0, 0.05) is 5.41 Å². The number of fused-ring (bicyclic) bond motifs is 5. The molecule has 0 aliphatic heterocycles. The first-order valence-electron chi connectivity index (χ1n) is 10.7. The molecule has 0 saturated carbocycles. The van der Waals surface area contributed by atoms with Gasteiger partial charge in [-0.25, -0.2) is 0 Å². The first-order chi connectivity index (χ1) is 14.6.